The summed E-state index contributed by atoms with van der Waals surface area (Å²) >= 11 is 0. The highest BCUT2D eigenvalue weighted by Crippen LogP contribution is 2.51. The maximum atomic E-state index is 6.12. The molecule has 0 amide bonds. The molecule has 1 aromatic carbocycles. The van der Waals surface area contributed by atoms with E-state index in [1.54, 1.807) is 0 Å². The molecular weight excluding hydrogens is 256 g/mol. The van der Waals surface area contributed by atoms with Crippen molar-refractivity contribution in [1.29, 1.82) is 0 Å². The van der Waals surface area contributed by atoms with Gasteiger partial charge in [0.2, 0.25) is 0 Å². The monoisotopic (exact) mass is 282 g/mol. The van der Waals surface area contributed by atoms with Gasteiger partial charge in [-0.15, -0.1) is 0 Å². The van der Waals surface area contributed by atoms with Gasteiger partial charge < -0.3 is 4.74 Å². The van der Waals surface area contributed by atoms with Gasteiger partial charge in [0.15, 0.2) is 0 Å². The lowest BCUT2D eigenvalue weighted by Crippen LogP contribution is -2.35. The van der Waals surface area contributed by atoms with Crippen LogP contribution in [0.25, 0.3) is 0 Å². The molecule has 21 heavy (non-hydrogen) atoms. The summed E-state index contributed by atoms with van der Waals surface area (Å²) in [4.78, 5) is 0. The number of hydrogen-bond acceptors (Lipinski definition) is 1. The van der Waals surface area contributed by atoms with Crippen molar-refractivity contribution in [2.45, 2.75) is 63.4 Å². The highest BCUT2D eigenvalue weighted by atomic mass is 16.5. The van der Waals surface area contributed by atoms with Gasteiger partial charge in [0, 0.05) is 0 Å². The number of hydrogen-bond donors (Lipinski definition) is 0. The molecule has 112 valence electrons. The van der Waals surface area contributed by atoms with E-state index in [-0.39, 0.29) is 6.10 Å². The van der Waals surface area contributed by atoms with Gasteiger partial charge in [-0.25, -0.2) is 0 Å². The van der Waals surface area contributed by atoms with Gasteiger partial charge in [0.05, 0.1) is 0 Å². The van der Waals surface area contributed by atoms with E-state index in [9.17, 15) is 0 Å². The topological polar surface area (TPSA) is 9.23 Å². The number of ether oxygens (including phenoxy) is 1. The Morgan fingerprint density at radius 2 is 1.81 bits per heavy atom. The quantitative estimate of drug-likeness (QED) is 0.500. The minimum atomic E-state index is 0.151. The number of fused-ring (bicyclic) bond motifs is 2. The summed E-state index contributed by atoms with van der Waals surface area (Å²) in [6.45, 7) is 9.90. The van der Waals surface area contributed by atoms with E-state index < -0.39 is 0 Å². The molecule has 0 saturated heterocycles. The summed E-state index contributed by atoms with van der Waals surface area (Å²) in [7, 11) is 0. The predicted octanol–water partition coefficient (Wildman–Crippen LogP) is 5.83. The Balaban J connectivity index is 1.92. The first-order chi connectivity index (χ1) is 10.1. The third-order valence-corrected chi connectivity index (χ3v) is 5.34. The van der Waals surface area contributed by atoms with Gasteiger partial charge in [-0.1, -0.05) is 56.7 Å². The average Bonchev–Trinajstić information content (AvgIpc) is 2.51. The lowest BCUT2D eigenvalue weighted by Gasteiger charge is -2.44. The molecule has 1 saturated carbocycles. The average molecular weight is 282 g/mol. The fraction of sp³-hybridized carbons (Fsp3) is 0.500. The highest BCUT2D eigenvalue weighted by molar-refractivity contribution is 5.39. The Kier molecular flexibility index (Phi) is 3.93. The van der Waals surface area contributed by atoms with Crippen LogP contribution in [0, 0.1) is 0 Å². The van der Waals surface area contributed by atoms with Crippen LogP contribution in [0.1, 0.15) is 69.1 Å². The molecule has 1 unspecified atom stereocenters. The Bertz CT molecular complexity index is 549. The summed E-state index contributed by atoms with van der Waals surface area (Å²) in [6, 6.07) is 8.91. The molecule has 0 radical (unpaired) electrons. The van der Waals surface area contributed by atoms with Crippen LogP contribution in [-0.4, -0.2) is 0 Å². The molecule has 0 aliphatic heterocycles. The molecule has 1 spiro atoms. The normalized spacial score (nSPS) is 23.4. The number of allylic oxidation sites excluding steroid dienone is 1. The van der Waals surface area contributed by atoms with E-state index in [1.165, 1.54) is 49.7 Å². The van der Waals surface area contributed by atoms with Crippen molar-refractivity contribution in [1.82, 2.24) is 0 Å². The van der Waals surface area contributed by atoms with Crippen LogP contribution in [-0.2, 0) is 10.2 Å². The van der Waals surface area contributed by atoms with Crippen LogP contribution in [0.3, 0.4) is 0 Å². The molecule has 1 aromatic rings. The largest absolute Gasteiger partial charge is 0.486 e. The molecule has 2 aliphatic carbocycles. The van der Waals surface area contributed by atoms with E-state index >= 15 is 0 Å². The van der Waals surface area contributed by atoms with Crippen LogP contribution in [0.15, 0.2) is 48.8 Å². The van der Waals surface area contributed by atoms with Gasteiger partial charge >= 0.3 is 0 Å². The van der Waals surface area contributed by atoms with Gasteiger partial charge in [0.25, 0.3) is 0 Å². The zero-order chi connectivity index (χ0) is 14.9. The zero-order valence-electron chi connectivity index (χ0n) is 13.2. The molecule has 3 rings (SSSR count). The third kappa shape index (κ3) is 2.66. The molecule has 0 bridgehead atoms. The second kappa shape index (κ2) is 5.71. The van der Waals surface area contributed by atoms with Gasteiger partial charge in [-0.3, -0.25) is 0 Å². The molecule has 1 atom stereocenters. The zero-order valence-corrected chi connectivity index (χ0v) is 13.2. The van der Waals surface area contributed by atoms with Crippen molar-refractivity contribution in [2.24, 2.45) is 0 Å². The maximum absolute atomic E-state index is 6.12. The number of benzene rings is 1. The van der Waals surface area contributed by atoms with E-state index in [4.69, 9.17) is 4.74 Å². The fourth-order valence-corrected chi connectivity index (χ4v) is 4.10. The molecule has 0 N–H and O–H groups in total. The molecule has 1 nitrogen and oxygen atoms in total. The minimum absolute atomic E-state index is 0.151. The first-order valence-corrected chi connectivity index (χ1v) is 8.23. The lowest BCUT2D eigenvalue weighted by atomic mass is 9.62. The summed E-state index contributed by atoms with van der Waals surface area (Å²) < 4.78 is 6.12. The molecule has 1 fully saturated rings. The van der Waals surface area contributed by atoms with Crippen molar-refractivity contribution in [3.8, 4) is 0 Å². The summed E-state index contributed by atoms with van der Waals surface area (Å²) in [5, 5.41) is 0. The van der Waals surface area contributed by atoms with Crippen LogP contribution in [0.4, 0.5) is 0 Å². The number of rotatable bonds is 3. The van der Waals surface area contributed by atoms with E-state index in [0.29, 0.717) is 5.41 Å². The molecule has 2 aliphatic rings. The lowest BCUT2D eigenvalue weighted by molar-refractivity contribution is 0.0839. The van der Waals surface area contributed by atoms with Crippen LogP contribution >= 0.6 is 0 Å². The van der Waals surface area contributed by atoms with Gasteiger partial charge in [0.1, 0.15) is 11.9 Å². The molecule has 1 heteroatoms. The summed E-state index contributed by atoms with van der Waals surface area (Å²) in [5.74, 6) is 0.731. The summed E-state index contributed by atoms with van der Waals surface area (Å²) in [5.41, 5.74) is 4.26. The Labute approximate surface area is 128 Å². The second-order valence-corrected chi connectivity index (χ2v) is 6.78. The van der Waals surface area contributed by atoms with E-state index in [2.05, 4.69) is 37.4 Å². The van der Waals surface area contributed by atoms with E-state index in [1.807, 2.05) is 6.92 Å². The van der Waals surface area contributed by atoms with Crippen molar-refractivity contribution in [3.63, 3.8) is 0 Å². The first kappa shape index (κ1) is 14.4. The molecular formula is C20H26O. The maximum Gasteiger partial charge on any atom is 0.124 e. The van der Waals surface area contributed by atoms with Crippen molar-refractivity contribution < 1.29 is 4.74 Å². The third-order valence-electron chi connectivity index (χ3n) is 5.34. The SMILES string of the molecule is C=C(C)C(=C)OC1CCC2(CCCCC2)c2ccccc21. The second-order valence-electron chi connectivity index (χ2n) is 6.78. The van der Waals surface area contributed by atoms with E-state index in [0.717, 1.165) is 17.8 Å². The van der Waals surface area contributed by atoms with Crippen molar-refractivity contribution >= 4 is 0 Å². The standard InChI is InChI=1S/C20H26O/c1-15(2)16(3)21-19-11-14-20(12-7-4-8-13-20)18-10-6-5-9-17(18)19/h5-6,9-10,19H,1,3-4,7-8,11-14H2,2H3. The van der Waals surface area contributed by atoms with Crippen molar-refractivity contribution in [2.75, 3.05) is 0 Å². The van der Waals surface area contributed by atoms with Crippen LogP contribution in [0.5, 0.6) is 0 Å². The minimum Gasteiger partial charge on any atom is -0.486 e. The first-order valence-electron chi connectivity index (χ1n) is 8.23. The van der Waals surface area contributed by atoms with Crippen molar-refractivity contribution in [3.05, 3.63) is 59.9 Å². The molecule has 0 heterocycles. The highest BCUT2D eigenvalue weighted by Gasteiger charge is 2.40. The van der Waals surface area contributed by atoms with Crippen LogP contribution in [0.2, 0.25) is 0 Å². The van der Waals surface area contributed by atoms with Gasteiger partial charge in [-0.05, 0) is 54.7 Å². The fourth-order valence-electron chi connectivity index (χ4n) is 4.10. The Morgan fingerprint density at radius 1 is 1.10 bits per heavy atom. The Hall–Kier alpha value is -1.50. The predicted molar refractivity (Wildman–Crippen MR) is 88.2 cm³/mol. The Morgan fingerprint density at radius 3 is 2.52 bits per heavy atom. The summed E-state index contributed by atoms with van der Waals surface area (Å²) in [6.07, 6.45) is 9.34. The van der Waals surface area contributed by atoms with Crippen LogP contribution < -0.4 is 0 Å². The molecule has 0 aromatic heterocycles. The van der Waals surface area contributed by atoms with Gasteiger partial charge in [-0.2, -0.15) is 0 Å². The smallest absolute Gasteiger partial charge is 0.124 e.